The molecule has 3 aromatic rings. The number of hydrogen-bond donors (Lipinski definition) is 1. The highest BCUT2D eigenvalue weighted by atomic mass is 16.5. The van der Waals surface area contributed by atoms with E-state index in [0.29, 0.717) is 13.2 Å². The number of hydrogen-bond acceptors (Lipinski definition) is 3. The second-order valence-corrected chi connectivity index (χ2v) is 8.20. The van der Waals surface area contributed by atoms with Crippen LogP contribution < -0.4 is 5.73 Å². The van der Waals surface area contributed by atoms with Crippen LogP contribution in [0.1, 0.15) is 42.2 Å². The second kappa shape index (κ2) is 9.84. The number of benzene rings is 3. The van der Waals surface area contributed by atoms with Crippen LogP contribution in [0.3, 0.4) is 0 Å². The maximum Gasteiger partial charge on any atom is 0.108 e. The number of likely N-dealkylation sites (N-methyl/N-ethyl adjacent to an activating group) is 1. The lowest BCUT2D eigenvalue weighted by molar-refractivity contribution is -0.00737. The van der Waals surface area contributed by atoms with Gasteiger partial charge in [-0.15, -0.1) is 0 Å². The van der Waals surface area contributed by atoms with Crippen LogP contribution >= 0.6 is 0 Å². The molecule has 0 saturated heterocycles. The van der Waals surface area contributed by atoms with E-state index in [1.807, 2.05) is 12.1 Å². The van der Waals surface area contributed by atoms with Crippen molar-refractivity contribution in [3.05, 3.63) is 107 Å². The topological polar surface area (TPSA) is 38.5 Å². The van der Waals surface area contributed by atoms with E-state index in [1.165, 1.54) is 16.7 Å². The molecule has 0 heterocycles. The van der Waals surface area contributed by atoms with Crippen molar-refractivity contribution in [1.82, 2.24) is 4.90 Å². The van der Waals surface area contributed by atoms with Crippen molar-refractivity contribution in [3.63, 3.8) is 0 Å². The summed E-state index contributed by atoms with van der Waals surface area (Å²) in [6.45, 7) is 6.53. The average Bonchev–Trinajstić information content (AvgIpc) is 2.76. The monoisotopic (exact) mass is 388 g/mol. The summed E-state index contributed by atoms with van der Waals surface area (Å²) in [5, 5.41) is 0. The van der Waals surface area contributed by atoms with Gasteiger partial charge in [0.1, 0.15) is 6.10 Å². The van der Waals surface area contributed by atoms with Crippen molar-refractivity contribution < 1.29 is 4.74 Å². The lowest BCUT2D eigenvalue weighted by Gasteiger charge is -2.37. The van der Waals surface area contributed by atoms with Gasteiger partial charge in [-0.25, -0.2) is 0 Å². The Labute approximate surface area is 175 Å². The fourth-order valence-corrected chi connectivity index (χ4v) is 3.31. The minimum absolute atomic E-state index is 0.0751. The zero-order valence-corrected chi connectivity index (χ0v) is 17.7. The molecule has 0 bridgehead atoms. The van der Waals surface area contributed by atoms with E-state index < -0.39 is 0 Å². The highest BCUT2D eigenvalue weighted by Gasteiger charge is 2.26. The summed E-state index contributed by atoms with van der Waals surface area (Å²) in [5.41, 5.74) is 10.4. The Balaban J connectivity index is 1.70. The van der Waals surface area contributed by atoms with E-state index in [1.54, 1.807) is 0 Å². The van der Waals surface area contributed by atoms with Crippen LogP contribution in [0.4, 0.5) is 0 Å². The maximum atomic E-state index is 6.52. The molecule has 2 N–H and O–H groups in total. The fourth-order valence-electron chi connectivity index (χ4n) is 3.31. The molecule has 0 radical (unpaired) electrons. The first-order chi connectivity index (χ1) is 14.0. The molecule has 3 heteroatoms. The van der Waals surface area contributed by atoms with Gasteiger partial charge in [-0.2, -0.15) is 0 Å². The van der Waals surface area contributed by atoms with Crippen LogP contribution in [0.15, 0.2) is 84.9 Å². The summed E-state index contributed by atoms with van der Waals surface area (Å²) in [4.78, 5) is 2.34. The Kier molecular flexibility index (Phi) is 7.21. The summed E-state index contributed by atoms with van der Waals surface area (Å²) < 4.78 is 6.52. The minimum Gasteiger partial charge on any atom is -0.367 e. The van der Waals surface area contributed by atoms with Crippen LogP contribution in [0.5, 0.6) is 0 Å². The van der Waals surface area contributed by atoms with Gasteiger partial charge < -0.3 is 10.5 Å². The predicted octanol–water partition coefficient (Wildman–Crippen LogP) is 5.16. The van der Waals surface area contributed by atoms with Crippen molar-refractivity contribution in [2.75, 3.05) is 13.7 Å². The molecule has 3 aromatic carbocycles. The molecule has 0 saturated carbocycles. The Bertz CT molecular complexity index is 821. The highest BCUT2D eigenvalue weighted by molar-refractivity contribution is 5.30. The van der Waals surface area contributed by atoms with E-state index >= 15 is 0 Å². The van der Waals surface area contributed by atoms with Crippen LogP contribution in [0.25, 0.3) is 0 Å². The molecule has 3 rings (SSSR count). The number of ether oxygens (including phenoxy) is 1. The summed E-state index contributed by atoms with van der Waals surface area (Å²) in [6, 6.07) is 29.4. The van der Waals surface area contributed by atoms with Gasteiger partial charge in [-0.1, -0.05) is 84.9 Å². The second-order valence-electron chi connectivity index (χ2n) is 8.20. The smallest absolute Gasteiger partial charge is 0.108 e. The lowest BCUT2D eigenvalue weighted by atomic mass is 10.00. The van der Waals surface area contributed by atoms with Gasteiger partial charge in [0.15, 0.2) is 0 Å². The summed E-state index contributed by atoms with van der Waals surface area (Å²) in [5.74, 6) is 0. The Morgan fingerprint density at radius 3 is 1.76 bits per heavy atom. The zero-order chi connectivity index (χ0) is 20.7. The Hall–Kier alpha value is -2.46. The summed E-state index contributed by atoms with van der Waals surface area (Å²) in [6.07, 6.45) is -0.0751. The van der Waals surface area contributed by atoms with Gasteiger partial charge in [0.05, 0.1) is 6.61 Å². The largest absolute Gasteiger partial charge is 0.367 e. The predicted molar refractivity (Wildman–Crippen MR) is 121 cm³/mol. The highest BCUT2D eigenvalue weighted by Crippen LogP contribution is 2.28. The quantitative estimate of drug-likeness (QED) is 0.550. The molecule has 0 unspecified atom stereocenters. The SMILES string of the molecule is CN(Cc1ccc(CN)cc1)C(C)(C)COC(c1ccccc1)c1ccccc1. The molecule has 0 spiro atoms. The number of nitrogens with zero attached hydrogens (tertiary/aromatic N) is 1. The van der Waals surface area contributed by atoms with E-state index in [2.05, 4.69) is 98.6 Å². The van der Waals surface area contributed by atoms with E-state index in [9.17, 15) is 0 Å². The molecule has 29 heavy (non-hydrogen) atoms. The van der Waals surface area contributed by atoms with Crippen LogP contribution in [-0.2, 0) is 17.8 Å². The maximum absolute atomic E-state index is 6.52. The van der Waals surface area contributed by atoms with Crippen molar-refractivity contribution in [3.8, 4) is 0 Å². The third-order valence-corrected chi connectivity index (χ3v) is 5.52. The molecule has 0 aliphatic heterocycles. The Morgan fingerprint density at radius 2 is 1.28 bits per heavy atom. The molecule has 0 atom stereocenters. The fraction of sp³-hybridized carbons (Fsp3) is 0.308. The molecule has 3 nitrogen and oxygen atoms in total. The van der Waals surface area contributed by atoms with Gasteiger partial charge in [0.25, 0.3) is 0 Å². The van der Waals surface area contributed by atoms with Crippen LogP contribution in [-0.4, -0.2) is 24.1 Å². The zero-order valence-electron chi connectivity index (χ0n) is 17.7. The molecular weight excluding hydrogens is 356 g/mol. The number of nitrogens with two attached hydrogens (primary N) is 1. The molecule has 0 amide bonds. The molecule has 152 valence electrons. The van der Waals surface area contributed by atoms with Crippen LogP contribution in [0, 0.1) is 0 Å². The third-order valence-electron chi connectivity index (χ3n) is 5.52. The first-order valence-electron chi connectivity index (χ1n) is 10.2. The van der Waals surface area contributed by atoms with Crippen molar-refractivity contribution in [1.29, 1.82) is 0 Å². The van der Waals surface area contributed by atoms with Gasteiger partial charge in [-0.3, -0.25) is 4.90 Å². The van der Waals surface area contributed by atoms with Crippen molar-refractivity contribution >= 4 is 0 Å². The molecule has 0 aliphatic rings. The van der Waals surface area contributed by atoms with E-state index in [-0.39, 0.29) is 11.6 Å². The summed E-state index contributed by atoms with van der Waals surface area (Å²) in [7, 11) is 2.15. The van der Waals surface area contributed by atoms with Crippen LogP contribution in [0.2, 0.25) is 0 Å². The normalized spacial score (nSPS) is 11.9. The van der Waals surface area contributed by atoms with E-state index in [4.69, 9.17) is 10.5 Å². The first-order valence-corrected chi connectivity index (χ1v) is 10.2. The molecule has 0 aromatic heterocycles. The molecule has 0 fully saturated rings. The van der Waals surface area contributed by atoms with Crippen molar-refractivity contribution in [2.24, 2.45) is 5.73 Å². The minimum atomic E-state index is -0.117. The van der Waals surface area contributed by atoms with Crippen molar-refractivity contribution in [2.45, 2.75) is 38.6 Å². The Morgan fingerprint density at radius 1 is 0.793 bits per heavy atom. The van der Waals surface area contributed by atoms with Gasteiger partial charge >= 0.3 is 0 Å². The average molecular weight is 389 g/mol. The molecular formula is C26H32N2O. The van der Waals surface area contributed by atoms with E-state index in [0.717, 1.165) is 12.1 Å². The third kappa shape index (κ3) is 5.77. The first kappa shape index (κ1) is 21.3. The van der Waals surface area contributed by atoms with Gasteiger partial charge in [0.2, 0.25) is 0 Å². The summed E-state index contributed by atoms with van der Waals surface area (Å²) >= 11 is 0. The standard InChI is InChI=1S/C26H32N2O/c1-26(2,28(3)19-22-16-14-21(18-27)15-17-22)20-29-25(23-10-6-4-7-11-23)24-12-8-5-9-13-24/h4-17,25H,18-20,27H2,1-3H3. The van der Waals surface area contributed by atoms with Gasteiger partial charge in [-0.05, 0) is 43.1 Å². The molecule has 0 aliphatic carbocycles. The van der Waals surface area contributed by atoms with Gasteiger partial charge in [0, 0.05) is 18.6 Å². The lowest BCUT2D eigenvalue weighted by Crippen LogP contribution is -2.44. The number of rotatable bonds is 9.